The molecule has 0 heterocycles. The Kier molecular flexibility index (Phi) is 5.11. The minimum absolute atomic E-state index is 0.257. The van der Waals surface area contributed by atoms with Gasteiger partial charge in [-0.25, -0.2) is 0 Å². The maximum Gasteiger partial charge on any atom is 0.257 e. The molecule has 0 saturated carbocycles. The van der Waals surface area contributed by atoms with Crippen LogP contribution in [0.25, 0.3) is 0 Å². The molecular weight excluding hydrogens is 290 g/mol. The number of hydrogen-bond acceptors (Lipinski definition) is 3. The van der Waals surface area contributed by atoms with Crippen LogP contribution in [-0.4, -0.2) is 11.8 Å². The van der Waals surface area contributed by atoms with Gasteiger partial charge in [-0.1, -0.05) is 18.2 Å². The maximum atomic E-state index is 12.4. The first-order valence-electron chi connectivity index (χ1n) is 7.15. The Bertz CT molecular complexity index is 791. The summed E-state index contributed by atoms with van der Waals surface area (Å²) in [4.78, 5) is 24.0. The Labute approximate surface area is 134 Å². The third kappa shape index (κ3) is 4.17. The number of nitrogens with zero attached hydrogens (tertiary/aromatic N) is 1. The number of aryl methyl sites for hydroxylation is 2. The molecule has 5 nitrogen and oxygen atoms in total. The van der Waals surface area contributed by atoms with Crippen LogP contribution in [0.4, 0.5) is 11.4 Å². The normalized spacial score (nSPS) is 9.78. The monoisotopic (exact) mass is 307 g/mol. The van der Waals surface area contributed by atoms with E-state index in [1.165, 1.54) is 0 Å². The minimum Gasteiger partial charge on any atom is -0.324 e. The topological polar surface area (TPSA) is 82.0 Å². The molecule has 116 valence electrons. The van der Waals surface area contributed by atoms with E-state index >= 15 is 0 Å². The first-order chi connectivity index (χ1) is 11.0. The molecule has 2 aromatic rings. The first-order valence-corrected chi connectivity index (χ1v) is 7.15. The molecule has 2 N–H and O–H groups in total. The molecule has 0 aliphatic heterocycles. The molecule has 0 aliphatic rings. The van der Waals surface area contributed by atoms with E-state index in [-0.39, 0.29) is 12.3 Å². The van der Waals surface area contributed by atoms with E-state index in [0.717, 1.165) is 11.1 Å². The second kappa shape index (κ2) is 7.23. The van der Waals surface area contributed by atoms with Crippen molar-refractivity contribution >= 4 is 23.2 Å². The fourth-order valence-corrected chi connectivity index (χ4v) is 2.07. The van der Waals surface area contributed by atoms with Gasteiger partial charge in [0.25, 0.3) is 5.91 Å². The van der Waals surface area contributed by atoms with Gasteiger partial charge in [-0.15, -0.1) is 0 Å². The number of nitrogens with one attached hydrogen (secondary N) is 2. The van der Waals surface area contributed by atoms with Gasteiger partial charge in [-0.05, 0) is 49.2 Å². The molecule has 0 radical (unpaired) electrons. The largest absolute Gasteiger partial charge is 0.324 e. The predicted molar refractivity (Wildman–Crippen MR) is 89.2 cm³/mol. The molecule has 2 amide bonds. The van der Waals surface area contributed by atoms with E-state index < -0.39 is 5.91 Å². The van der Waals surface area contributed by atoms with Gasteiger partial charge in [0, 0.05) is 5.69 Å². The summed E-state index contributed by atoms with van der Waals surface area (Å²) in [6.45, 7) is 3.97. The van der Waals surface area contributed by atoms with Crippen molar-refractivity contribution in [3.63, 3.8) is 0 Å². The lowest BCUT2D eigenvalue weighted by atomic mass is 10.1. The Morgan fingerprint density at radius 2 is 1.78 bits per heavy atom. The molecule has 0 spiro atoms. The van der Waals surface area contributed by atoms with E-state index in [9.17, 15) is 9.59 Å². The molecule has 0 fully saturated rings. The molecule has 2 rings (SSSR count). The van der Waals surface area contributed by atoms with Gasteiger partial charge < -0.3 is 10.6 Å². The Morgan fingerprint density at radius 3 is 2.48 bits per heavy atom. The Morgan fingerprint density at radius 1 is 1.04 bits per heavy atom. The van der Waals surface area contributed by atoms with Gasteiger partial charge in [-0.3, -0.25) is 9.59 Å². The van der Waals surface area contributed by atoms with Crippen LogP contribution < -0.4 is 10.6 Å². The highest BCUT2D eigenvalue weighted by atomic mass is 16.2. The van der Waals surface area contributed by atoms with E-state index in [1.54, 1.807) is 30.3 Å². The van der Waals surface area contributed by atoms with Crippen LogP contribution in [0.1, 0.15) is 27.9 Å². The Balaban J connectivity index is 2.20. The van der Waals surface area contributed by atoms with Gasteiger partial charge in [0.2, 0.25) is 5.91 Å². The fraction of sp³-hybridized carbons (Fsp3) is 0.167. The average Bonchev–Trinajstić information content (AvgIpc) is 2.51. The third-order valence-corrected chi connectivity index (χ3v) is 3.45. The van der Waals surface area contributed by atoms with Crippen molar-refractivity contribution < 1.29 is 9.59 Å². The van der Waals surface area contributed by atoms with E-state index in [1.807, 2.05) is 32.0 Å². The summed E-state index contributed by atoms with van der Waals surface area (Å²) in [6, 6.07) is 14.1. The summed E-state index contributed by atoms with van der Waals surface area (Å²) >= 11 is 0. The van der Waals surface area contributed by atoms with Crippen molar-refractivity contribution in [1.29, 1.82) is 5.26 Å². The lowest BCUT2D eigenvalue weighted by Gasteiger charge is -2.11. The van der Waals surface area contributed by atoms with Crippen LogP contribution in [0.5, 0.6) is 0 Å². The summed E-state index contributed by atoms with van der Waals surface area (Å²) in [5.41, 5.74) is 3.65. The van der Waals surface area contributed by atoms with Crippen molar-refractivity contribution in [2.24, 2.45) is 0 Å². The van der Waals surface area contributed by atoms with Crippen LogP contribution in [-0.2, 0) is 4.79 Å². The van der Waals surface area contributed by atoms with Crippen LogP contribution >= 0.6 is 0 Å². The van der Waals surface area contributed by atoms with Crippen molar-refractivity contribution in [2.75, 3.05) is 10.6 Å². The van der Waals surface area contributed by atoms with Gasteiger partial charge in [0.05, 0.1) is 17.3 Å². The number of nitriles is 1. The van der Waals surface area contributed by atoms with Crippen LogP contribution in [0.2, 0.25) is 0 Å². The number of anilines is 2. The zero-order chi connectivity index (χ0) is 16.8. The highest BCUT2D eigenvalue weighted by Gasteiger charge is 2.13. The minimum atomic E-state index is -0.445. The average molecular weight is 307 g/mol. The third-order valence-electron chi connectivity index (χ3n) is 3.45. The molecule has 0 saturated heterocycles. The maximum absolute atomic E-state index is 12.4. The summed E-state index contributed by atoms with van der Waals surface area (Å²) in [5, 5.41) is 13.9. The highest BCUT2D eigenvalue weighted by molar-refractivity contribution is 6.10. The summed E-state index contributed by atoms with van der Waals surface area (Å²) in [7, 11) is 0. The number of rotatable bonds is 4. The second-order valence-corrected chi connectivity index (χ2v) is 5.18. The number of amides is 2. The molecule has 5 heteroatoms. The smallest absolute Gasteiger partial charge is 0.257 e. The van der Waals surface area contributed by atoms with Crippen molar-refractivity contribution in [3.8, 4) is 6.07 Å². The molecule has 0 atom stereocenters. The quantitative estimate of drug-likeness (QED) is 0.908. The molecule has 0 aromatic heterocycles. The van der Waals surface area contributed by atoms with Gasteiger partial charge in [-0.2, -0.15) is 5.26 Å². The van der Waals surface area contributed by atoms with Crippen LogP contribution in [0.15, 0.2) is 42.5 Å². The number of para-hydroxylation sites is 1. The number of hydrogen-bond donors (Lipinski definition) is 2. The number of carbonyl (C=O) groups excluding carboxylic acids is 2. The summed E-state index contributed by atoms with van der Waals surface area (Å²) in [6.07, 6.45) is -0.257. The summed E-state index contributed by atoms with van der Waals surface area (Å²) < 4.78 is 0. The molecule has 0 unspecified atom stereocenters. The van der Waals surface area contributed by atoms with Crippen LogP contribution in [0, 0.1) is 25.2 Å². The van der Waals surface area contributed by atoms with Crippen molar-refractivity contribution in [2.45, 2.75) is 20.3 Å². The highest BCUT2D eigenvalue weighted by Crippen LogP contribution is 2.19. The zero-order valence-electron chi connectivity index (χ0n) is 13.0. The van der Waals surface area contributed by atoms with E-state index in [0.29, 0.717) is 16.9 Å². The molecule has 23 heavy (non-hydrogen) atoms. The standard InChI is InChI=1S/C18H17N3O2/c1-12-7-8-14(11-13(12)2)20-18(23)15-5-3-4-6-16(15)21-17(22)9-10-19/h3-8,11H,9H2,1-2H3,(H,20,23)(H,21,22). The molecule has 0 aliphatic carbocycles. The van der Waals surface area contributed by atoms with Gasteiger partial charge >= 0.3 is 0 Å². The zero-order valence-corrected chi connectivity index (χ0v) is 13.0. The van der Waals surface area contributed by atoms with Crippen LogP contribution in [0.3, 0.4) is 0 Å². The molecular formula is C18H17N3O2. The lowest BCUT2D eigenvalue weighted by Crippen LogP contribution is -2.17. The number of carbonyl (C=O) groups is 2. The Hall–Kier alpha value is -3.13. The predicted octanol–water partition coefficient (Wildman–Crippen LogP) is 3.41. The molecule has 2 aromatic carbocycles. The SMILES string of the molecule is Cc1ccc(NC(=O)c2ccccc2NC(=O)CC#N)cc1C. The summed E-state index contributed by atoms with van der Waals surface area (Å²) in [5.74, 6) is -0.764. The second-order valence-electron chi connectivity index (χ2n) is 5.18. The van der Waals surface area contributed by atoms with E-state index in [4.69, 9.17) is 5.26 Å². The van der Waals surface area contributed by atoms with Gasteiger partial charge in [0.1, 0.15) is 6.42 Å². The molecule has 0 bridgehead atoms. The lowest BCUT2D eigenvalue weighted by molar-refractivity contribution is -0.115. The number of benzene rings is 2. The van der Waals surface area contributed by atoms with Gasteiger partial charge in [0.15, 0.2) is 0 Å². The fourth-order valence-electron chi connectivity index (χ4n) is 2.07. The van der Waals surface area contributed by atoms with Crippen molar-refractivity contribution in [1.82, 2.24) is 0 Å². The van der Waals surface area contributed by atoms with Crippen molar-refractivity contribution in [3.05, 3.63) is 59.2 Å². The van der Waals surface area contributed by atoms with E-state index in [2.05, 4.69) is 10.6 Å². The first kappa shape index (κ1) is 16.2.